The fourth-order valence-electron chi connectivity index (χ4n) is 0. The van der Waals surface area contributed by atoms with Crippen molar-refractivity contribution in [3.05, 3.63) is 0 Å². The van der Waals surface area contributed by atoms with Crippen molar-refractivity contribution in [1.82, 2.24) is 0 Å². The quantitative estimate of drug-likeness (QED) is 0.293. The second-order valence-electron chi connectivity index (χ2n) is 0.258. The van der Waals surface area contributed by atoms with Gasteiger partial charge in [-0.25, -0.2) is 0 Å². The molecule has 32 valence electrons. The Morgan fingerprint density at radius 2 is 1.80 bits per heavy atom. The van der Waals surface area contributed by atoms with Gasteiger partial charge in [0, 0.05) is 0 Å². The summed E-state index contributed by atoms with van der Waals surface area (Å²) in [5, 5.41) is 7.01. The molecular formula is HClO4. The highest BCUT2D eigenvalue weighted by atomic mass is 35.6. The van der Waals surface area contributed by atoms with Gasteiger partial charge in [-0.15, -0.1) is 0 Å². The second kappa shape index (κ2) is 2.37. The topological polar surface area (TPSA) is 75.6 Å². The summed E-state index contributed by atoms with van der Waals surface area (Å²) in [4.78, 5) is 0. The van der Waals surface area contributed by atoms with Crippen LogP contribution in [0.2, 0.25) is 0 Å². The van der Waals surface area contributed by atoms with E-state index in [9.17, 15) is 0 Å². The van der Waals surface area contributed by atoms with Gasteiger partial charge in [0.25, 0.3) is 0 Å². The Morgan fingerprint density at radius 1 is 1.60 bits per heavy atom. The first-order valence-corrected chi connectivity index (χ1v) is 1.57. The summed E-state index contributed by atoms with van der Waals surface area (Å²) in [7, 11) is -2.49. The average Bonchev–Trinajstić information content (AvgIpc) is 1.38. The molecule has 0 atom stereocenters. The Bertz CT molecular complexity index is 17.6. The summed E-state index contributed by atoms with van der Waals surface area (Å²) in [6.45, 7) is 0. The Kier molecular flexibility index (Phi) is 2.43. The minimum Gasteiger partial charge on any atom is -0.318 e. The van der Waals surface area contributed by atoms with E-state index in [0.29, 0.717) is 0 Å². The molecule has 0 aliphatic carbocycles. The molecule has 0 amide bonds. The molecule has 0 unspecified atom stereocenters. The third-order valence-corrected chi connectivity index (χ3v) is 0.169. The first-order chi connectivity index (χ1) is 2.27. The van der Waals surface area contributed by atoms with Gasteiger partial charge in [-0.2, -0.15) is 5.26 Å². The molecule has 5 heavy (non-hydrogen) atoms. The molecule has 0 aromatic heterocycles. The fourth-order valence-corrected chi connectivity index (χ4v) is 0. The molecule has 0 aromatic carbocycles. The van der Waals surface area contributed by atoms with E-state index in [1.807, 2.05) is 0 Å². The van der Waals surface area contributed by atoms with Crippen LogP contribution in [0.5, 0.6) is 0 Å². The smallest absolute Gasteiger partial charge is 0.318 e. The standard InChI is InChI=1S/ClHO4/c2-1(3)5-4/h4H. The second-order valence-corrected chi connectivity index (χ2v) is 0.774. The zero-order valence-corrected chi connectivity index (χ0v) is 2.81. The van der Waals surface area contributed by atoms with Crippen LogP contribution < -0.4 is 9.32 Å². The number of halogens is 1. The summed E-state index contributed by atoms with van der Waals surface area (Å²) in [5.74, 6) is 0. The van der Waals surface area contributed by atoms with Crippen molar-refractivity contribution in [3.8, 4) is 0 Å². The molecule has 5 heteroatoms. The van der Waals surface area contributed by atoms with E-state index in [2.05, 4.69) is 4.44 Å². The highest BCUT2D eigenvalue weighted by molar-refractivity contribution is 2.38. The lowest BCUT2D eigenvalue weighted by molar-refractivity contribution is -1.64. The van der Waals surface area contributed by atoms with Crippen LogP contribution in [0.25, 0.3) is 0 Å². The number of hydrogen-bond acceptors (Lipinski definition) is 4. The monoisotopic (exact) mass is 100.0 g/mol. The summed E-state index contributed by atoms with van der Waals surface area (Å²) in [6, 6.07) is 0. The van der Waals surface area contributed by atoms with Crippen molar-refractivity contribution < 1.29 is 29.8 Å². The predicted octanol–water partition coefficient (Wildman–Crippen LogP) is -2.44. The fraction of sp³-hybridized carbons (Fsp3) is 0. The van der Waals surface area contributed by atoms with Gasteiger partial charge >= 0.3 is 10.8 Å². The van der Waals surface area contributed by atoms with Crippen LogP contribution in [0.3, 0.4) is 0 Å². The summed E-state index contributed by atoms with van der Waals surface area (Å²) in [6.07, 6.45) is 0. The molecule has 0 bridgehead atoms. The summed E-state index contributed by atoms with van der Waals surface area (Å²) >= 11 is 0. The molecular weight excluding hydrogens is 99.4 g/mol. The zero-order chi connectivity index (χ0) is 4.28. The molecule has 0 saturated heterocycles. The van der Waals surface area contributed by atoms with Crippen LogP contribution in [0.15, 0.2) is 0 Å². The predicted molar refractivity (Wildman–Crippen MR) is 3.71 cm³/mol. The highest BCUT2D eigenvalue weighted by Crippen LogP contribution is 1.60. The van der Waals surface area contributed by atoms with Gasteiger partial charge in [-0.3, -0.25) is 0 Å². The van der Waals surface area contributed by atoms with E-state index in [-0.39, 0.29) is 0 Å². The maximum atomic E-state index is 8.86. The lowest BCUT2D eigenvalue weighted by atomic mass is 15.0. The van der Waals surface area contributed by atoms with Crippen LogP contribution in [0, 0.1) is 10.8 Å². The molecule has 0 aromatic rings. The largest absolute Gasteiger partial charge is 0.328 e. The Hall–Kier alpha value is 0.130. The third-order valence-electron chi connectivity index (χ3n) is 0.0563. The van der Waals surface area contributed by atoms with Gasteiger partial charge in [0.2, 0.25) is 0 Å². The Labute approximate surface area is 30.9 Å². The maximum absolute atomic E-state index is 8.86. The van der Waals surface area contributed by atoms with Crippen LogP contribution in [-0.2, 0) is 4.44 Å². The molecule has 0 saturated carbocycles. The Morgan fingerprint density at radius 3 is 1.80 bits per heavy atom. The van der Waals surface area contributed by atoms with Gasteiger partial charge < -0.3 is 9.32 Å². The van der Waals surface area contributed by atoms with Gasteiger partial charge in [-0.1, -0.05) is 0 Å². The Balaban J connectivity index is 2.54. The van der Waals surface area contributed by atoms with Gasteiger partial charge in [0.15, 0.2) is 4.44 Å². The minimum absolute atomic E-state index is 2.49. The normalized spacial score (nSPS) is 9.60. The molecule has 0 aliphatic rings. The summed E-state index contributed by atoms with van der Waals surface area (Å²) in [5.41, 5.74) is 0. The minimum atomic E-state index is -2.49. The van der Waals surface area contributed by atoms with Crippen LogP contribution in [0.4, 0.5) is 0 Å². The van der Waals surface area contributed by atoms with Crippen molar-refractivity contribution in [1.29, 1.82) is 0 Å². The number of hydrogen-bond donors (Lipinski definition) is 1. The van der Waals surface area contributed by atoms with E-state index in [1.165, 1.54) is 0 Å². The van der Waals surface area contributed by atoms with Crippen LogP contribution >= 0.6 is 0 Å². The molecule has 0 fully saturated rings. The van der Waals surface area contributed by atoms with E-state index in [4.69, 9.17) is 14.6 Å². The van der Waals surface area contributed by atoms with Crippen molar-refractivity contribution in [2.75, 3.05) is 0 Å². The van der Waals surface area contributed by atoms with E-state index < -0.39 is 10.8 Å². The van der Waals surface area contributed by atoms with Gasteiger partial charge in [0.1, 0.15) is 0 Å². The maximum Gasteiger partial charge on any atom is 0.328 e. The lowest BCUT2D eigenvalue weighted by Gasteiger charge is -1.78. The molecule has 1 N–H and O–H groups in total. The first-order valence-electron chi connectivity index (χ1n) is 0.645. The SMILES string of the molecule is [O-][Cl+2]([O-])OO. The molecule has 0 rings (SSSR count). The van der Waals surface area contributed by atoms with E-state index >= 15 is 0 Å². The molecule has 0 spiro atoms. The van der Waals surface area contributed by atoms with E-state index in [0.717, 1.165) is 0 Å². The van der Waals surface area contributed by atoms with E-state index in [1.54, 1.807) is 0 Å². The molecule has 4 nitrogen and oxygen atoms in total. The molecule has 0 radical (unpaired) electrons. The van der Waals surface area contributed by atoms with Crippen molar-refractivity contribution in [2.24, 2.45) is 0 Å². The van der Waals surface area contributed by atoms with Crippen LogP contribution in [-0.4, -0.2) is 5.26 Å². The van der Waals surface area contributed by atoms with Crippen molar-refractivity contribution in [3.63, 3.8) is 0 Å². The van der Waals surface area contributed by atoms with Crippen molar-refractivity contribution >= 4 is 0 Å². The van der Waals surface area contributed by atoms with Gasteiger partial charge in [0.05, 0.1) is 0 Å². The number of rotatable bonds is 1. The third kappa shape index (κ3) is 4.13. The highest BCUT2D eigenvalue weighted by Gasteiger charge is 1.97. The van der Waals surface area contributed by atoms with Gasteiger partial charge in [-0.05, 0) is 0 Å². The zero-order valence-electron chi connectivity index (χ0n) is 2.05. The average molecular weight is 100 g/mol. The molecule has 0 heterocycles. The summed E-state index contributed by atoms with van der Waals surface area (Å²) < 4.78 is 20.3. The first kappa shape index (κ1) is 5.13. The lowest BCUT2D eigenvalue weighted by Crippen LogP contribution is -2.32. The van der Waals surface area contributed by atoms with Crippen LogP contribution in [0.1, 0.15) is 0 Å². The molecule has 0 aliphatic heterocycles. The van der Waals surface area contributed by atoms with Crippen molar-refractivity contribution in [2.45, 2.75) is 0 Å².